The van der Waals surface area contributed by atoms with E-state index in [1.165, 1.54) is 11.1 Å². The van der Waals surface area contributed by atoms with Crippen molar-refractivity contribution in [2.45, 2.75) is 39.3 Å². The van der Waals surface area contributed by atoms with Gasteiger partial charge in [-0.15, -0.1) is 0 Å². The highest BCUT2D eigenvalue weighted by molar-refractivity contribution is 9.10. The lowest BCUT2D eigenvalue weighted by Gasteiger charge is -2.32. The number of aliphatic imine (C=N–C) groups is 1. The molecule has 0 fully saturated rings. The van der Waals surface area contributed by atoms with Crippen LogP contribution in [0.2, 0.25) is 0 Å². The molecule has 1 aliphatic rings. The molecular weight excluding hydrogens is 290 g/mol. The molecule has 2 rings (SSSR count). The lowest BCUT2D eigenvalue weighted by molar-refractivity contribution is 0.268. The number of hydrogen-bond donors (Lipinski definition) is 1. The van der Waals surface area contributed by atoms with Gasteiger partial charge in [0, 0.05) is 10.5 Å². The first-order valence-electron chi connectivity index (χ1n) is 6.39. The zero-order valence-electron chi connectivity index (χ0n) is 11.2. The summed E-state index contributed by atoms with van der Waals surface area (Å²) in [4.78, 5) is 6.64. The summed E-state index contributed by atoms with van der Waals surface area (Å²) in [5.41, 5.74) is 8.55. The van der Waals surface area contributed by atoms with E-state index in [2.05, 4.69) is 64.8 Å². The molecule has 0 bridgehead atoms. The molecule has 18 heavy (non-hydrogen) atoms. The first kappa shape index (κ1) is 13.4. The van der Waals surface area contributed by atoms with Crippen molar-refractivity contribution in [3.63, 3.8) is 0 Å². The normalized spacial score (nSPS) is 21.0. The summed E-state index contributed by atoms with van der Waals surface area (Å²) >= 11 is 3.66. The third kappa shape index (κ3) is 2.39. The molecule has 1 aromatic carbocycles. The van der Waals surface area contributed by atoms with Gasteiger partial charge in [0.05, 0.1) is 12.6 Å². The SMILES string of the molecule is CCC(C)N1C(N)=NCC1c1ccc(C)cc1Br. The molecule has 0 saturated carbocycles. The monoisotopic (exact) mass is 309 g/mol. The average Bonchev–Trinajstić information content (AvgIpc) is 2.70. The van der Waals surface area contributed by atoms with Crippen LogP contribution in [0.15, 0.2) is 27.7 Å². The van der Waals surface area contributed by atoms with Crippen molar-refractivity contribution in [2.75, 3.05) is 6.54 Å². The Hall–Kier alpha value is -1.03. The molecule has 2 atom stereocenters. The smallest absolute Gasteiger partial charge is 0.192 e. The van der Waals surface area contributed by atoms with Gasteiger partial charge in [-0.3, -0.25) is 4.99 Å². The van der Waals surface area contributed by atoms with E-state index in [-0.39, 0.29) is 6.04 Å². The van der Waals surface area contributed by atoms with E-state index in [4.69, 9.17) is 5.73 Å². The van der Waals surface area contributed by atoms with Crippen LogP contribution >= 0.6 is 15.9 Å². The first-order valence-corrected chi connectivity index (χ1v) is 7.18. The van der Waals surface area contributed by atoms with Gasteiger partial charge in [0.2, 0.25) is 0 Å². The van der Waals surface area contributed by atoms with Crippen LogP contribution in [0.3, 0.4) is 0 Å². The second kappa shape index (κ2) is 5.31. The molecule has 3 nitrogen and oxygen atoms in total. The fourth-order valence-corrected chi connectivity index (χ4v) is 3.15. The molecule has 0 saturated heterocycles. The van der Waals surface area contributed by atoms with Gasteiger partial charge in [-0.05, 0) is 37.5 Å². The van der Waals surface area contributed by atoms with Crippen LogP contribution in [0.1, 0.15) is 37.4 Å². The highest BCUT2D eigenvalue weighted by Gasteiger charge is 2.31. The minimum atomic E-state index is 0.259. The van der Waals surface area contributed by atoms with Gasteiger partial charge in [0.25, 0.3) is 0 Å². The molecule has 0 spiro atoms. The molecule has 2 N–H and O–H groups in total. The molecular formula is C14H20BrN3. The number of guanidine groups is 1. The van der Waals surface area contributed by atoms with Crippen LogP contribution < -0.4 is 5.73 Å². The second-order valence-corrected chi connectivity index (χ2v) is 5.76. The van der Waals surface area contributed by atoms with E-state index in [1.54, 1.807) is 0 Å². The Kier molecular flexibility index (Phi) is 3.95. The van der Waals surface area contributed by atoms with E-state index < -0.39 is 0 Å². The number of nitrogens with two attached hydrogens (primary N) is 1. The number of hydrogen-bond acceptors (Lipinski definition) is 3. The second-order valence-electron chi connectivity index (χ2n) is 4.90. The van der Waals surface area contributed by atoms with Crippen LogP contribution in [0.5, 0.6) is 0 Å². The minimum Gasteiger partial charge on any atom is -0.370 e. The summed E-state index contributed by atoms with van der Waals surface area (Å²) in [6.07, 6.45) is 1.07. The van der Waals surface area contributed by atoms with Crippen LogP contribution in [-0.2, 0) is 0 Å². The molecule has 2 unspecified atom stereocenters. The molecule has 0 amide bonds. The Balaban J connectivity index is 2.33. The predicted octanol–water partition coefficient (Wildman–Crippen LogP) is 3.23. The Morgan fingerprint density at radius 1 is 1.56 bits per heavy atom. The summed E-state index contributed by atoms with van der Waals surface area (Å²) in [7, 11) is 0. The molecule has 0 aliphatic carbocycles. The highest BCUT2D eigenvalue weighted by Crippen LogP contribution is 2.33. The van der Waals surface area contributed by atoms with E-state index in [0.717, 1.165) is 17.4 Å². The Labute approximate surface area is 117 Å². The summed E-state index contributed by atoms with van der Waals surface area (Å²) in [5.74, 6) is 0.668. The largest absolute Gasteiger partial charge is 0.370 e. The minimum absolute atomic E-state index is 0.259. The number of nitrogens with zero attached hydrogens (tertiary/aromatic N) is 2. The van der Waals surface area contributed by atoms with Crippen molar-refractivity contribution in [3.05, 3.63) is 33.8 Å². The molecule has 0 aromatic heterocycles. The Morgan fingerprint density at radius 2 is 2.28 bits per heavy atom. The van der Waals surface area contributed by atoms with E-state index in [9.17, 15) is 0 Å². The van der Waals surface area contributed by atoms with Gasteiger partial charge in [-0.1, -0.05) is 35.0 Å². The van der Waals surface area contributed by atoms with Crippen LogP contribution in [0, 0.1) is 6.92 Å². The van der Waals surface area contributed by atoms with Crippen LogP contribution in [0.4, 0.5) is 0 Å². The summed E-state index contributed by atoms with van der Waals surface area (Å²) in [6, 6.07) is 7.14. The molecule has 0 radical (unpaired) electrons. The van der Waals surface area contributed by atoms with Gasteiger partial charge < -0.3 is 10.6 Å². The predicted molar refractivity (Wildman–Crippen MR) is 79.7 cm³/mol. The van der Waals surface area contributed by atoms with Gasteiger partial charge in [0.15, 0.2) is 5.96 Å². The molecule has 1 aromatic rings. The molecule has 4 heteroatoms. The van der Waals surface area contributed by atoms with Crippen LogP contribution in [-0.4, -0.2) is 23.4 Å². The third-order valence-corrected chi connectivity index (χ3v) is 4.29. The van der Waals surface area contributed by atoms with E-state index >= 15 is 0 Å². The topological polar surface area (TPSA) is 41.6 Å². The lowest BCUT2D eigenvalue weighted by atomic mass is 10.0. The number of aryl methyl sites for hydroxylation is 1. The Morgan fingerprint density at radius 3 is 2.89 bits per heavy atom. The number of benzene rings is 1. The fraction of sp³-hybridized carbons (Fsp3) is 0.500. The van der Waals surface area contributed by atoms with Crippen molar-refractivity contribution >= 4 is 21.9 Å². The van der Waals surface area contributed by atoms with Crippen molar-refractivity contribution in [1.82, 2.24) is 4.90 Å². The number of halogens is 1. The van der Waals surface area contributed by atoms with Gasteiger partial charge >= 0.3 is 0 Å². The standard InChI is InChI=1S/C14H20BrN3/c1-4-10(3)18-13(8-17-14(18)16)11-6-5-9(2)7-12(11)15/h5-7,10,13H,4,8H2,1-3H3,(H2,16,17). The summed E-state index contributed by atoms with van der Waals surface area (Å²) in [5, 5.41) is 0. The third-order valence-electron chi connectivity index (χ3n) is 3.61. The lowest BCUT2D eigenvalue weighted by Crippen LogP contribution is -2.42. The molecule has 1 aliphatic heterocycles. The maximum atomic E-state index is 6.02. The van der Waals surface area contributed by atoms with Gasteiger partial charge in [-0.25, -0.2) is 0 Å². The first-order chi connectivity index (χ1) is 8.54. The zero-order chi connectivity index (χ0) is 13.3. The molecule has 1 heterocycles. The number of rotatable bonds is 3. The van der Waals surface area contributed by atoms with Gasteiger partial charge in [0.1, 0.15) is 0 Å². The van der Waals surface area contributed by atoms with Crippen molar-refractivity contribution in [1.29, 1.82) is 0 Å². The molecule has 98 valence electrons. The van der Waals surface area contributed by atoms with Gasteiger partial charge in [-0.2, -0.15) is 0 Å². The maximum Gasteiger partial charge on any atom is 0.192 e. The highest BCUT2D eigenvalue weighted by atomic mass is 79.9. The van der Waals surface area contributed by atoms with Crippen molar-refractivity contribution in [3.8, 4) is 0 Å². The quantitative estimate of drug-likeness (QED) is 0.931. The zero-order valence-corrected chi connectivity index (χ0v) is 12.7. The average molecular weight is 310 g/mol. The Bertz CT molecular complexity index is 470. The van der Waals surface area contributed by atoms with Crippen LogP contribution in [0.25, 0.3) is 0 Å². The summed E-state index contributed by atoms with van der Waals surface area (Å²) < 4.78 is 1.14. The van der Waals surface area contributed by atoms with E-state index in [1.807, 2.05) is 0 Å². The van der Waals surface area contributed by atoms with Crippen molar-refractivity contribution in [2.24, 2.45) is 10.7 Å². The summed E-state index contributed by atoms with van der Waals surface area (Å²) in [6.45, 7) is 7.22. The fourth-order valence-electron chi connectivity index (χ4n) is 2.39. The van der Waals surface area contributed by atoms with Crippen molar-refractivity contribution < 1.29 is 0 Å². The maximum absolute atomic E-state index is 6.02. The van der Waals surface area contributed by atoms with E-state index in [0.29, 0.717) is 12.0 Å².